The molecule has 1 N–H and O–H groups in total. The Labute approximate surface area is 218 Å². The molecule has 1 aromatic heterocycles. The first kappa shape index (κ1) is 24.4. The van der Waals surface area contributed by atoms with Crippen LogP contribution >= 0.6 is 11.8 Å². The molecule has 0 saturated carbocycles. The normalized spacial score (nSPS) is 14.2. The zero-order valence-corrected chi connectivity index (χ0v) is 20.9. The van der Waals surface area contributed by atoms with E-state index < -0.39 is 5.91 Å². The van der Waals surface area contributed by atoms with Gasteiger partial charge in [0.05, 0.1) is 17.1 Å². The maximum absolute atomic E-state index is 12.2. The molecular weight excluding hydrogens is 488 g/mol. The summed E-state index contributed by atoms with van der Waals surface area (Å²) in [5.74, 6) is -0.0478. The van der Waals surface area contributed by atoms with Crippen molar-refractivity contribution in [1.82, 2.24) is 9.88 Å². The van der Waals surface area contributed by atoms with Crippen molar-refractivity contribution in [1.29, 1.82) is 0 Å². The van der Waals surface area contributed by atoms with Crippen LogP contribution in [0.25, 0.3) is 17.0 Å². The Hall–Kier alpha value is -4.30. The van der Waals surface area contributed by atoms with E-state index in [0.717, 1.165) is 39.4 Å². The molecule has 0 spiro atoms. The number of esters is 1. The molecule has 0 atom stereocenters. The number of thioether (sulfide) groups is 1. The summed E-state index contributed by atoms with van der Waals surface area (Å²) in [6.07, 6.45) is 3.68. The van der Waals surface area contributed by atoms with E-state index in [2.05, 4.69) is 9.88 Å². The van der Waals surface area contributed by atoms with Gasteiger partial charge < -0.3 is 14.0 Å². The summed E-state index contributed by atoms with van der Waals surface area (Å²) >= 11 is 0.887. The Morgan fingerprint density at radius 2 is 1.78 bits per heavy atom. The summed E-state index contributed by atoms with van der Waals surface area (Å²) in [4.78, 5) is 36.2. The minimum absolute atomic E-state index is 0.327. The summed E-state index contributed by atoms with van der Waals surface area (Å²) in [7, 11) is 0. The quantitative estimate of drug-likeness (QED) is 0.238. The number of benzene rings is 3. The first-order valence-corrected chi connectivity index (χ1v) is 12.6. The van der Waals surface area contributed by atoms with E-state index in [9.17, 15) is 14.4 Å². The number of fused-ring (bicyclic) bond motifs is 1. The van der Waals surface area contributed by atoms with Gasteiger partial charge in [-0.1, -0.05) is 42.5 Å². The van der Waals surface area contributed by atoms with Crippen LogP contribution < -0.4 is 10.1 Å². The largest absolute Gasteiger partial charge is 0.489 e. The smallest absolute Gasteiger partial charge is 0.338 e. The molecule has 2 heterocycles. The fraction of sp³-hybridized carbons (Fsp3) is 0.138. The summed E-state index contributed by atoms with van der Waals surface area (Å²) in [6, 6.07) is 23.1. The molecule has 0 aliphatic carbocycles. The van der Waals surface area contributed by atoms with Gasteiger partial charge in [0.25, 0.3) is 11.1 Å². The van der Waals surface area contributed by atoms with Gasteiger partial charge in [-0.3, -0.25) is 14.9 Å². The standard InChI is InChI=1S/C29H24N2O5S/c1-2-35-28(33)21-10-8-19(9-11-21)16-31-17-22(14-26-27(32)30-29(34)37-26)24-15-23(12-13-25(24)31)36-18-20-6-4-3-5-7-20/h3-15,17H,2,16,18H2,1H3,(H,30,32,34)/b26-14-. The number of ether oxygens (including phenoxy) is 2. The van der Waals surface area contributed by atoms with Crippen molar-refractivity contribution in [2.24, 2.45) is 0 Å². The topological polar surface area (TPSA) is 86.6 Å². The predicted octanol–water partition coefficient (Wildman–Crippen LogP) is 5.77. The zero-order chi connectivity index (χ0) is 25.8. The molecule has 1 aliphatic rings. The van der Waals surface area contributed by atoms with Gasteiger partial charge in [-0.05, 0) is 66.2 Å². The minimum Gasteiger partial charge on any atom is -0.489 e. The zero-order valence-electron chi connectivity index (χ0n) is 20.1. The fourth-order valence-electron chi connectivity index (χ4n) is 4.10. The summed E-state index contributed by atoms with van der Waals surface area (Å²) in [5, 5.41) is 2.82. The van der Waals surface area contributed by atoms with Gasteiger partial charge in [-0.15, -0.1) is 0 Å². The third-order valence-electron chi connectivity index (χ3n) is 5.88. The Bertz CT molecular complexity index is 1510. The molecule has 0 radical (unpaired) electrons. The van der Waals surface area contributed by atoms with Crippen molar-refractivity contribution in [3.05, 3.63) is 106 Å². The maximum atomic E-state index is 12.2. The highest BCUT2D eigenvalue weighted by Crippen LogP contribution is 2.32. The second-order valence-corrected chi connectivity index (χ2v) is 9.45. The molecule has 3 aromatic carbocycles. The highest BCUT2D eigenvalue weighted by molar-refractivity contribution is 8.18. The average molecular weight is 513 g/mol. The van der Waals surface area contributed by atoms with Gasteiger partial charge in [-0.25, -0.2) is 4.79 Å². The number of rotatable bonds is 8. The van der Waals surface area contributed by atoms with Crippen LogP contribution in [-0.4, -0.2) is 28.3 Å². The average Bonchev–Trinajstić information content (AvgIpc) is 3.41. The Morgan fingerprint density at radius 1 is 1.00 bits per heavy atom. The number of carbonyl (C=O) groups is 3. The van der Waals surface area contributed by atoms with Crippen LogP contribution in [0.2, 0.25) is 0 Å². The van der Waals surface area contributed by atoms with Crippen LogP contribution in [0.3, 0.4) is 0 Å². The first-order valence-electron chi connectivity index (χ1n) is 11.8. The summed E-state index contributed by atoms with van der Waals surface area (Å²) < 4.78 is 13.2. The number of carbonyl (C=O) groups excluding carboxylic acids is 3. The number of hydrogen-bond acceptors (Lipinski definition) is 6. The number of aromatic nitrogens is 1. The van der Waals surface area contributed by atoms with Crippen LogP contribution in [0.1, 0.15) is 34.0 Å². The van der Waals surface area contributed by atoms with E-state index in [0.29, 0.717) is 36.0 Å². The molecule has 8 heteroatoms. The molecule has 1 fully saturated rings. The number of nitrogens with zero attached hydrogens (tertiary/aromatic N) is 1. The van der Waals surface area contributed by atoms with Crippen molar-refractivity contribution < 1.29 is 23.9 Å². The lowest BCUT2D eigenvalue weighted by Crippen LogP contribution is -2.17. The van der Waals surface area contributed by atoms with E-state index >= 15 is 0 Å². The van der Waals surface area contributed by atoms with Gasteiger partial charge in [0.15, 0.2) is 0 Å². The highest BCUT2D eigenvalue weighted by atomic mass is 32.2. The van der Waals surface area contributed by atoms with Crippen LogP contribution in [0, 0.1) is 0 Å². The molecule has 37 heavy (non-hydrogen) atoms. The second-order valence-electron chi connectivity index (χ2n) is 8.44. The molecule has 1 saturated heterocycles. The molecular formula is C29H24N2O5S. The van der Waals surface area contributed by atoms with Crippen molar-refractivity contribution >= 4 is 45.9 Å². The Kier molecular flexibility index (Phi) is 7.09. The van der Waals surface area contributed by atoms with E-state index in [-0.39, 0.29) is 11.2 Å². The van der Waals surface area contributed by atoms with Gasteiger partial charge in [-0.2, -0.15) is 0 Å². The van der Waals surface area contributed by atoms with Crippen molar-refractivity contribution in [2.45, 2.75) is 20.1 Å². The molecule has 0 bridgehead atoms. The predicted molar refractivity (Wildman–Crippen MR) is 143 cm³/mol. The SMILES string of the molecule is CCOC(=O)c1ccc(Cn2cc(/C=C3\SC(=O)NC3=O)c3cc(OCc4ccccc4)ccc32)cc1. The van der Waals surface area contributed by atoms with Crippen LogP contribution in [0.5, 0.6) is 5.75 Å². The van der Waals surface area contributed by atoms with Gasteiger partial charge in [0.1, 0.15) is 12.4 Å². The van der Waals surface area contributed by atoms with Crippen molar-refractivity contribution in [3.63, 3.8) is 0 Å². The number of hydrogen-bond donors (Lipinski definition) is 1. The number of imide groups is 1. The number of amides is 2. The van der Waals surface area contributed by atoms with Gasteiger partial charge in [0.2, 0.25) is 0 Å². The molecule has 186 valence electrons. The third kappa shape index (κ3) is 5.59. The number of nitrogens with one attached hydrogen (secondary N) is 1. The molecule has 0 unspecified atom stereocenters. The van der Waals surface area contributed by atoms with Crippen molar-refractivity contribution in [2.75, 3.05) is 6.61 Å². The molecule has 1 aliphatic heterocycles. The van der Waals surface area contributed by atoms with E-state index in [1.54, 1.807) is 25.1 Å². The Morgan fingerprint density at radius 3 is 2.49 bits per heavy atom. The first-order chi connectivity index (χ1) is 18.0. The van der Waals surface area contributed by atoms with E-state index in [1.165, 1.54) is 0 Å². The lowest BCUT2D eigenvalue weighted by Gasteiger charge is -2.09. The van der Waals surface area contributed by atoms with E-state index in [4.69, 9.17) is 9.47 Å². The molecule has 2 amide bonds. The monoisotopic (exact) mass is 512 g/mol. The summed E-state index contributed by atoms with van der Waals surface area (Å²) in [5.41, 5.74) is 4.31. The maximum Gasteiger partial charge on any atom is 0.338 e. The highest BCUT2D eigenvalue weighted by Gasteiger charge is 2.25. The van der Waals surface area contributed by atoms with Crippen molar-refractivity contribution in [3.8, 4) is 5.75 Å². The fourth-order valence-corrected chi connectivity index (χ4v) is 4.77. The second kappa shape index (κ2) is 10.8. The van der Waals surface area contributed by atoms with Gasteiger partial charge >= 0.3 is 5.97 Å². The molecule has 5 rings (SSSR count). The Balaban J connectivity index is 1.47. The third-order valence-corrected chi connectivity index (χ3v) is 6.69. The lowest BCUT2D eigenvalue weighted by molar-refractivity contribution is -0.115. The lowest BCUT2D eigenvalue weighted by atomic mass is 10.1. The van der Waals surface area contributed by atoms with Gasteiger partial charge in [0, 0.05) is 29.2 Å². The molecule has 7 nitrogen and oxygen atoms in total. The van der Waals surface area contributed by atoms with Crippen LogP contribution in [0.4, 0.5) is 4.79 Å². The van der Waals surface area contributed by atoms with Crippen LogP contribution in [0.15, 0.2) is 83.9 Å². The molecule has 4 aromatic rings. The van der Waals surface area contributed by atoms with Crippen LogP contribution in [-0.2, 0) is 22.7 Å². The van der Waals surface area contributed by atoms with E-state index in [1.807, 2.05) is 66.9 Å². The minimum atomic E-state index is -0.401. The summed E-state index contributed by atoms with van der Waals surface area (Å²) in [6.45, 7) is 3.08.